The molecule has 0 radical (unpaired) electrons. The minimum absolute atomic E-state index is 0.166. The number of rotatable bonds is 6. The third-order valence-electron chi connectivity index (χ3n) is 7.64. The van der Waals surface area contributed by atoms with Gasteiger partial charge in [0.25, 0.3) is 5.91 Å². The molecule has 0 fully saturated rings. The minimum atomic E-state index is -1.74. The molecule has 0 aromatic heterocycles. The summed E-state index contributed by atoms with van der Waals surface area (Å²) in [5.74, 6) is -4.33. The molecule has 3 heterocycles. The Balaban J connectivity index is 1.91. The van der Waals surface area contributed by atoms with E-state index in [1.54, 1.807) is 32.0 Å². The van der Waals surface area contributed by atoms with Gasteiger partial charge in [-0.3, -0.25) is 9.69 Å². The number of carbonyl (C=O) groups is 5. The van der Waals surface area contributed by atoms with Gasteiger partial charge in [0.05, 0.1) is 52.3 Å². The quantitative estimate of drug-likeness (QED) is 0.294. The third kappa shape index (κ3) is 5.29. The molecule has 0 bridgehead atoms. The number of para-hydroxylation sites is 1. The van der Waals surface area contributed by atoms with E-state index in [2.05, 4.69) is 0 Å². The molecule has 11 nitrogen and oxygen atoms in total. The lowest BCUT2D eigenvalue weighted by Gasteiger charge is -2.51. The summed E-state index contributed by atoms with van der Waals surface area (Å²) >= 11 is 2.54. The number of esters is 4. The number of fused-ring (bicyclic) bond motifs is 3. The molecule has 3 aliphatic heterocycles. The molecule has 0 saturated carbocycles. The Morgan fingerprint density at radius 1 is 0.723 bits per heavy atom. The Bertz CT molecular complexity index is 1800. The lowest BCUT2D eigenvalue weighted by atomic mass is 9.82. The fourth-order valence-corrected chi connectivity index (χ4v) is 10.6. The van der Waals surface area contributed by atoms with Crippen molar-refractivity contribution in [2.45, 2.75) is 23.5 Å². The van der Waals surface area contributed by atoms with Gasteiger partial charge in [-0.05, 0) is 44.2 Å². The van der Waals surface area contributed by atoms with Crippen molar-refractivity contribution in [3.05, 3.63) is 84.6 Å². The van der Waals surface area contributed by atoms with Crippen LogP contribution in [0, 0.1) is 5.82 Å². The van der Waals surface area contributed by atoms with Gasteiger partial charge in [-0.15, -0.1) is 0 Å². The summed E-state index contributed by atoms with van der Waals surface area (Å²) in [5, 5.41) is 0. The van der Waals surface area contributed by atoms with Gasteiger partial charge in [-0.1, -0.05) is 47.4 Å². The Morgan fingerprint density at radius 3 is 1.77 bits per heavy atom. The molecule has 0 aliphatic carbocycles. The van der Waals surface area contributed by atoms with Crippen LogP contribution in [0.1, 0.15) is 29.8 Å². The molecule has 0 N–H and O–H groups in total. The monoisotopic (exact) mass is 701 g/mol. The van der Waals surface area contributed by atoms with Crippen molar-refractivity contribution < 1.29 is 52.0 Å². The first kappa shape index (κ1) is 34.1. The van der Waals surface area contributed by atoms with Gasteiger partial charge in [0, 0.05) is 21.6 Å². The number of hydrogen-bond donors (Lipinski definition) is 0. The average molecular weight is 702 g/mol. The van der Waals surface area contributed by atoms with E-state index in [1.165, 1.54) is 36.3 Å². The molecule has 2 aromatic carbocycles. The van der Waals surface area contributed by atoms with Crippen LogP contribution in [0.15, 0.2) is 67.7 Å². The SMILES string of the molecule is COC(=O)C1=C(C(=O)OC)SC2(S1)C(C(=O)OC)=C(C(=O)OC)SC1=C2c2cccc(OC)c2N(C(=O)c2ccc(F)cc2)C1(C)C. The third-order valence-corrected chi connectivity index (χ3v) is 12.3. The first-order valence-electron chi connectivity index (χ1n) is 13.7. The molecule has 1 amide bonds. The summed E-state index contributed by atoms with van der Waals surface area (Å²) < 4.78 is 38.3. The van der Waals surface area contributed by atoms with Crippen LogP contribution >= 0.6 is 35.3 Å². The van der Waals surface area contributed by atoms with Crippen molar-refractivity contribution in [3.63, 3.8) is 0 Å². The zero-order valence-corrected chi connectivity index (χ0v) is 28.6. The molecule has 47 heavy (non-hydrogen) atoms. The second-order valence-electron chi connectivity index (χ2n) is 10.5. The smallest absolute Gasteiger partial charge is 0.345 e. The number of anilines is 1. The van der Waals surface area contributed by atoms with Crippen molar-refractivity contribution in [3.8, 4) is 5.75 Å². The largest absolute Gasteiger partial charge is 0.495 e. The highest BCUT2D eigenvalue weighted by atomic mass is 32.2. The Kier molecular flexibility index (Phi) is 9.27. The highest BCUT2D eigenvalue weighted by Crippen LogP contribution is 2.71. The summed E-state index contributed by atoms with van der Waals surface area (Å²) in [7, 11) is 5.99. The van der Waals surface area contributed by atoms with Crippen LogP contribution < -0.4 is 9.64 Å². The van der Waals surface area contributed by atoms with Crippen LogP contribution in [-0.2, 0) is 38.1 Å². The van der Waals surface area contributed by atoms with E-state index >= 15 is 0 Å². The van der Waals surface area contributed by atoms with Gasteiger partial charge in [0.2, 0.25) is 0 Å². The normalized spacial score (nSPS) is 17.6. The summed E-state index contributed by atoms with van der Waals surface area (Å²) in [6.07, 6.45) is 0. The van der Waals surface area contributed by atoms with E-state index in [1.807, 2.05) is 0 Å². The first-order valence-corrected chi connectivity index (χ1v) is 16.2. The summed E-state index contributed by atoms with van der Waals surface area (Å²) in [6, 6.07) is 10.1. The zero-order chi connectivity index (χ0) is 34.4. The van der Waals surface area contributed by atoms with Gasteiger partial charge in [0.1, 0.15) is 30.4 Å². The maximum Gasteiger partial charge on any atom is 0.345 e. The van der Waals surface area contributed by atoms with Crippen LogP contribution in [0.25, 0.3) is 5.57 Å². The van der Waals surface area contributed by atoms with Gasteiger partial charge < -0.3 is 23.7 Å². The van der Waals surface area contributed by atoms with Crippen molar-refractivity contribution in [2.24, 2.45) is 0 Å². The molecule has 15 heteroatoms. The van der Waals surface area contributed by atoms with Gasteiger partial charge in [0.15, 0.2) is 0 Å². The predicted molar refractivity (Wildman–Crippen MR) is 175 cm³/mol. The maximum absolute atomic E-state index is 14.4. The summed E-state index contributed by atoms with van der Waals surface area (Å²) in [5.41, 5.74) is -0.251. The number of thioether (sulfide) groups is 3. The standard InChI is InChI=1S/C32H28FNO10S3/c1-31(2)25-19(17-9-8-10-18(40-3)21(17)34(31)26(35)15-11-13-16(33)14-12-15)32(20(27(36)41-4)22(45-25)28(37)42-5)46-23(29(38)43-6)24(47-32)30(39)44-7/h8-14H,1-7H3. The van der Waals surface area contributed by atoms with Crippen molar-refractivity contribution in [1.29, 1.82) is 0 Å². The number of halogens is 1. The number of carbonyl (C=O) groups excluding carboxylic acids is 5. The topological polar surface area (TPSA) is 135 Å². The molecular formula is C32H28FNO10S3. The number of amides is 1. The number of methoxy groups -OCH3 is 5. The molecule has 3 aliphatic rings. The van der Waals surface area contributed by atoms with Crippen LogP contribution in [-0.4, -0.2) is 75.0 Å². The molecule has 0 unspecified atom stereocenters. The number of benzene rings is 2. The molecule has 0 saturated heterocycles. The molecule has 5 rings (SSSR count). The average Bonchev–Trinajstić information content (AvgIpc) is 3.46. The maximum atomic E-state index is 14.4. The second-order valence-corrected chi connectivity index (χ2v) is 14.2. The first-order chi connectivity index (χ1) is 22.3. The zero-order valence-electron chi connectivity index (χ0n) is 26.2. The fourth-order valence-electron chi connectivity index (χ4n) is 5.56. The number of ether oxygens (including phenoxy) is 5. The van der Waals surface area contributed by atoms with Crippen LogP contribution in [0.4, 0.5) is 10.1 Å². The van der Waals surface area contributed by atoms with E-state index in [0.717, 1.165) is 63.7 Å². The van der Waals surface area contributed by atoms with E-state index in [4.69, 9.17) is 23.7 Å². The van der Waals surface area contributed by atoms with Crippen molar-refractivity contribution >= 4 is 76.3 Å². The minimum Gasteiger partial charge on any atom is -0.495 e. The van der Waals surface area contributed by atoms with Crippen LogP contribution in [0.3, 0.4) is 0 Å². The highest BCUT2D eigenvalue weighted by molar-refractivity contribution is 8.26. The molecular weight excluding hydrogens is 674 g/mol. The second kappa shape index (κ2) is 12.8. The number of hydrogen-bond acceptors (Lipinski definition) is 13. The van der Waals surface area contributed by atoms with Gasteiger partial charge >= 0.3 is 23.9 Å². The highest BCUT2D eigenvalue weighted by Gasteiger charge is 2.62. The van der Waals surface area contributed by atoms with Crippen molar-refractivity contribution in [2.75, 3.05) is 40.4 Å². The lowest BCUT2D eigenvalue weighted by Crippen LogP contribution is -2.54. The Hall–Kier alpha value is -4.21. The van der Waals surface area contributed by atoms with Crippen molar-refractivity contribution in [1.82, 2.24) is 0 Å². The lowest BCUT2D eigenvalue weighted by molar-refractivity contribution is -0.138. The van der Waals surface area contributed by atoms with E-state index in [9.17, 15) is 28.4 Å². The van der Waals surface area contributed by atoms with Crippen LogP contribution in [0.2, 0.25) is 0 Å². The number of nitrogens with zero attached hydrogens (tertiary/aromatic N) is 1. The van der Waals surface area contributed by atoms with E-state index in [-0.39, 0.29) is 31.6 Å². The summed E-state index contributed by atoms with van der Waals surface area (Å²) in [6.45, 7) is 3.47. The Labute approximate surface area is 281 Å². The summed E-state index contributed by atoms with van der Waals surface area (Å²) in [4.78, 5) is 69.4. The molecule has 1 spiro atoms. The van der Waals surface area contributed by atoms with E-state index in [0.29, 0.717) is 21.7 Å². The fraction of sp³-hybridized carbons (Fsp3) is 0.281. The molecule has 2 aromatic rings. The predicted octanol–water partition coefficient (Wildman–Crippen LogP) is 5.07. The van der Waals surface area contributed by atoms with E-state index < -0.39 is 45.2 Å². The van der Waals surface area contributed by atoms with Gasteiger partial charge in [-0.2, -0.15) is 0 Å². The molecule has 0 atom stereocenters. The van der Waals surface area contributed by atoms with Gasteiger partial charge in [-0.25, -0.2) is 23.6 Å². The Morgan fingerprint density at radius 2 is 1.26 bits per heavy atom. The van der Waals surface area contributed by atoms with Crippen LogP contribution in [0.5, 0.6) is 5.75 Å². The molecule has 246 valence electrons.